The van der Waals surface area contributed by atoms with Gasteiger partial charge in [0.1, 0.15) is 16.1 Å². The van der Waals surface area contributed by atoms with E-state index in [4.69, 9.17) is 0 Å². The second-order valence-corrected chi connectivity index (χ2v) is 4.83. The molecule has 0 radical (unpaired) electrons. The van der Waals surface area contributed by atoms with Crippen molar-refractivity contribution in [3.63, 3.8) is 0 Å². The maximum atomic E-state index is 12.8. The van der Waals surface area contributed by atoms with E-state index >= 15 is 0 Å². The van der Waals surface area contributed by atoms with E-state index in [9.17, 15) is 4.39 Å². The number of nitrogens with zero attached hydrogens (tertiary/aromatic N) is 2. The van der Waals surface area contributed by atoms with Crippen LogP contribution in [0.1, 0.15) is 0 Å². The molecule has 0 spiro atoms. The summed E-state index contributed by atoms with van der Waals surface area (Å²) in [5.74, 6) is -0.235. The van der Waals surface area contributed by atoms with Gasteiger partial charge in [-0.25, -0.2) is 9.37 Å². The van der Waals surface area contributed by atoms with Crippen molar-refractivity contribution >= 4 is 27.7 Å². The summed E-state index contributed by atoms with van der Waals surface area (Å²) < 4.78 is 15.7. The first kappa shape index (κ1) is 11.7. The van der Waals surface area contributed by atoms with Crippen molar-refractivity contribution in [3.05, 3.63) is 34.7 Å². The largest absolute Gasteiger partial charge is 0.316 e. The lowest BCUT2D eigenvalue weighted by Crippen LogP contribution is -1.89. The van der Waals surface area contributed by atoms with Crippen LogP contribution in [0.15, 0.2) is 34.0 Å². The molecule has 2 rings (SSSR count). The zero-order valence-corrected chi connectivity index (χ0v) is 11.3. The van der Waals surface area contributed by atoms with Crippen LogP contribution in [0, 0.1) is 5.82 Å². The standard InChI is InChI=1S/C11H10BrFN2S/c1-15-10(12)9(14-11(15)16-2)7-3-5-8(13)6-4-7/h3-6H,1-2H3. The number of aromatic nitrogens is 2. The average molecular weight is 301 g/mol. The highest BCUT2D eigenvalue weighted by atomic mass is 79.9. The van der Waals surface area contributed by atoms with Gasteiger partial charge in [-0.3, -0.25) is 0 Å². The van der Waals surface area contributed by atoms with Gasteiger partial charge in [0.15, 0.2) is 5.16 Å². The third kappa shape index (κ3) is 2.01. The van der Waals surface area contributed by atoms with Gasteiger partial charge in [0.25, 0.3) is 0 Å². The Morgan fingerprint density at radius 1 is 1.31 bits per heavy atom. The first-order chi connectivity index (χ1) is 7.63. The molecule has 84 valence electrons. The van der Waals surface area contributed by atoms with Gasteiger partial charge in [0.2, 0.25) is 0 Å². The summed E-state index contributed by atoms with van der Waals surface area (Å²) in [6.07, 6.45) is 1.98. The zero-order chi connectivity index (χ0) is 11.7. The molecule has 1 aromatic heterocycles. The van der Waals surface area contributed by atoms with E-state index in [1.807, 2.05) is 17.9 Å². The number of thioether (sulfide) groups is 1. The predicted octanol–water partition coefficient (Wildman–Crippen LogP) is 3.71. The van der Waals surface area contributed by atoms with Crippen LogP contribution in [0.2, 0.25) is 0 Å². The Hall–Kier alpha value is -0.810. The van der Waals surface area contributed by atoms with Crippen molar-refractivity contribution in [3.8, 4) is 11.3 Å². The lowest BCUT2D eigenvalue weighted by Gasteiger charge is -1.98. The number of imidazole rings is 1. The Morgan fingerprint density at radius 3 is 2.44 bits per heavy atom. The van der Waals surface area contributed by atoms with Crippen LogP contribution in [-0.2, 0) is 7.05 Å². The van der Waals surface area contributed by atoms with Crippen LogP contribution in [0.25, 0.3) is 11.3 Å². The summed E-state index contributed by atoms with van der Waals surface area (Å²) >= 11 is 5.07. The van der Waals surface area contributed by atoms with E-state index < -0.39 is 0 Å². The van der Waals surface area contributed by atoms with Crippen molar-refractivity contribution in [2.45, 2.75) is 5.16 Å². The maximum Gasteiger partial charge on any atom is 0.168 e. The van der Waals surface area contributed by atoms with Crippen molar-refractivity contribution in [2.75, 3.05) is 6.26 Å². The molecule has 16 heavy (non-hydrogen) atoms. The van der Waals surface area contributed by atoms with Crippen LogP contribution in [-0.4, -0.2) is 15.8 Å². The van der Waals surface area contributed by atoms with Gasteiger partial charge in [-0.2, -0.15) is 0 Å². The van der Waals surface area contributed by atoms with E-state index in [1.54, 1.807) is 23.9 Å². The average Bonchev–Trinajstić information content (AvgIpc) is 2.57. The Labute approximate surface area is 106 Å². The minimum atomic E-state index is -0.235. The Kier molecular flexibility index (Phi) is 3.35. The van der Waals surface area contributed by atoms with E-state index in [-0.39, 0.29) is 5.82 Å². The van der Waals surface area contributed by atoms with E-state index in [0.29, 0.717) is 0 Å². The molecular weight excluding hydrogens is 291 g/mol. The molecule has 2 nitrogen and oxygen atoms in total. The molecule has 1 aromatic carbocycles. The van der Waals surface area contributed by atoms with Crippen LogP contribution >= 0.6 is 27.7 Å². The highest BCUT2D eigenvalue weighted by Crippen LogP contribution is 2.30. The molecule has 0 aliphatic carbocycles. The molecule has 5 heteroatoms. The van der Waals surface area contributed by atoms with Gasteiger partial charge in [-0.05, 0) is 46.5 Å². The van der Waals surface area contributed by atoms with E-state index in [2.05, 4.69) is 20.9 Å². The molecule has 0 fully saturated rings. The quantitative estimate of drug-likeness (QED) is 0.787. The van der Waals surface area contributed by atoms with Crippen molar-refractivity contribution in [1.82, 2.24) is 9.55 Å². The van der Waals surface area contributed by atoms with Crippen molar-refractivity contribution in [1.29, 1.82) is 0 Å². The van der Waals surface area contributed by atoms with Gasteiger partial charge in [0, 0.05) is 12.6 Å². The predicted molar refractivity (Wildman–Crippen MR) is 68.1 cm³/mol. The zero-order valence-electron chi connectivity index (χ0n) is 8.87. The highest BCUT2D eigenvalue weighted by molar-refractivity contribution is 9.10. The molecule has 0 unspecified atom stereocenters. The minimum Gasteiger partial charge on any atom is -0.316 e. The lowest BCUT2D eigenvalue weighted by atomic mass is 10.2. The molecule has 0 aliphatic rings. The number of rotatable bonds is 2. The maximum absolute atomic E-state index is 12.8. The summed E-state index contributed by atoms with van der Waals surface area (Å²) in [6.45, 7) is 0. The highest BCUT2D eigenvalue weighted by Gasteiger charge is 2.13. The summed E-state index contributed by atoms with van der Waals surface area (Å²) in [6, 6.07) is 6.34. The van der Waals surface area contributed by atoms with Gasteiger partial charge in [-0.1, -0.05) is 11.8 Å². The molecule has 0 saturated carbocycles. The van der Waals surface area contributed by atoms with Gasteiger partial charge >= 0.3 is 0 Å². The molecule has 0 N–H and O–H groups in total. The SMILES string of the molecule is CSc1nc(-c2ccc(F)cc2)c(Br)n1C. The number of halogens is 2. The first-order valence-corrected chi connectivity index (χ1v) is 6.67. The van der Waals surface area contributed by atoms with Crippen LogP contribution in [0.4, 0.5) is 4.39 Å². The minimum absolute atomic E-state index is 0.235. The molecule has 0 bridgehead atoms. The van der Waals surface area contributed by atoms with Gasteiger partial charge < -0.3 is 4.57 Å². The molecule has 0 amide bonds. The molecule has 0 atom stereocenters. The topological polar surface area (TPSA) is 17.8 Å². The molecule has 1 heterocycles. The summed E-state index contributed by atoms with van der Waals surface area (Å²) in [5.41, 5.74) is 1.75. The summed E-state index contributed by atoms with van der Waals surface area (Å²) in [5, 5.41) is 0.922. The Bertz CT molecular complexity index is 507. The fourth-order valence-corrected chi connectivity index (χ4v) is 2.58. The molecule has 0 aliphatic heterocycles. The Morgan fingerprint density at radius 2 is 1.94 bits per heavy atom. The normalized spacial score (nSPS) is 10.8. The summed E-state index contributed by atoms with van der Waals surface area (Å²) in [7, 11) is 1.94. The molecule has 0 saturated heterocycles. The smallest absolute Gasteiger partial charge is 0.168 e. The van der Waals surface area contributed by atoms with Gasteiger partial charge in [0.05, 0.1) is 0 Å². The fraction of sp³-hybridized carbons (Fsp3) is 0.182. The van der Waals surface area contributed by atoms with E-state index in [0.717, 1.165) is 21.0 Å². The third-order valence-corrected chi connectivity index (χ3v) is 3.92. The second-order valence-electron chi connectivity index (χ2n) is 3.30. The van der Waals surface area contributed by atoms with E-state index in [1.165, 1.54) is 12.1 Å². The fourth-order valence-electron chi connectivity index (χ4n) is 1.43. The van der Waals surface area contributed by atoms with Crippen LogP contribution in [0.3, 0.4) is 0 Å². The van der Waals surface area contributed by atoms with Crippen LogP contribution in [0.5, 0.6) is 0 Å². The molecular formula is C11H10BrFN2S. The first-order valence-electron chi connectivity index (χ1n) is 4.65. The van der Waals surface area contributed by atoms with Gasteiger partial charge in [-0.15, -0.1) is 0 Å². The van der Waals surface area contributed by atoms with Crippen LogP contribution < -0.4 is 0 Å². The number of hydrogen-bond acceptors (Lipinski definition) is 2. The number of hydrogen-bond donors (Lipinski definition) is 0. The van der Waals surface area contributed by atoms with Crippen molar-refractivity contribution in [2.24, 2.45) is 7.05 Å². The number of benzene rings is 1. The summed E-state index contributed by atoms with van der Waals surface area (Å²) in [4.78, 5) is 4.48. The van der Waals surface area contributed by atoms with Crippen molar-refractivity contribution < 1.29 is 4.39 Å². The monoisotopic (exact) mass is 300 g/mol. The Balaban J connectivity index is 2.52. The molecule has 2 aromatic rings. The third-order valence-electron chi connectivity index (χ3n) is 2.28. The second kappa shape index (κ2) is 4.59. The lowest BCUT2D eigenvalue weighted by molar-refractivity contribution is 0.628.